The first-order chi connectivity index (χ1) is 8.83. The third-order valence-corrected chi connectivity index (χ3v) is 3.36. The summed E-state index contributed by atoms with van der Waals surface area (Å²) in [4.78, 5) is 26.3. The molecule has 0 saturated carbocycles. The third kappa shape index (κ3) is 8.43. The standard InChI is InChI=1S/C9H19NO.C7H15NO/c1-7(2)8(11)9(3,4)10(5)6;1-6(2)7(9)5-8(3)4/h7H,1-6H3;6H,5H2,1-4H3. The summed E-state index contributed by atoms with van der Waals surface area (Å²) < 4.78 is 0. The highest BCUT2D eigenvalue weighted by Crippen LogP contribution is 2.16. The molecule has 0 heterocycles. The van der Waals surface area contributed by atoms with E-state index in [1.165, 1.54) is 0 Å². The molecule has 0 aliphatic heterocycles. The largest absolute Gasteiger partial charge is 0.302 e. The van der Waals surface area contributed by atoms with Gasteiger partial charge in [0.25, 0.3) is 0 Å². The first-order valence-corrected chi connectivity index (χ1v) is 7.23. The van der Waals surface area contributed by atoms with E-state index in [1.807, 2.05) is 79.5 Å². The van der Waals surface area contributed by atoms with E-state index in [4.69, 9.17) is 0 Å². The first-order valence-electron chi connectivity index (χ1n) is 7.23. The van der Waals surface area contributed by atoms with Crippen LogP contribution in [0.4, 0.5) is 0 Å². The zero-order valence-electron chi connectivity index (χ0n) is 15.1. The van der Waals surface area contributed by atoms with Crippen LogP contribution >= 0.6 is 0 Å². The van der Waals surface area contributed by atoms with Gasteiger partial charge in [-0.25, -0.2) is 0 Å². The normalized spacial score (nSPS) is 11.9. The second-order valence-electron chi connectivity index (χ2n) is 6.83. The summed E-state index contributed by atoms with van der Waals surface area (Å²) in [5.41, 5.74) is -0.325. The lowest BCUT2D eigenvalue weighted by molar-refractivity contribution is -0.131. The summed E-state index contributed by atoms with van der Waals surface area (Å²) >= 11 is 0. The molecule has 0 spiro atoms. The van der Waals surface area contributed by atoms with Crippen LogP contribution < -0.4 is 0 Å². The maximum absolute atomic E-state index is 11.6. The van der Waals surface area contributed by atoms with Gasteiger partial charge in [0.1, 0.15) is 5.78 Å². The van der Waals surface area contributed by atoms with E-state index >= 15 is 0 Å². The van der Waals surface area contributed by atoms with Crippen molar-refractivity contribution in [3.63, 3.8) is 0 Å². The zero-order valence-corrected chi connectivity index (χ0v) is 15.1. The van der Waals surface area contributed by atoms with Crippen LogP contribution in [0.5, 0.6) is 0 Å². The van der Waals surface area contributed by atoms with Crippen LogP contribution in [0.15, 0.2) is 0 Å². The molecule has 120 valence electrons. The monoisotopic (exact) mass is 286 g/mol. The Morgan fingerprint density at radius 3 is 1.40 bits per heavy atom. The predicted octanol–water partition coefficient (Wildman–Crippen LogP) is 2.32. The van der Waals surface area contributed by atoms with Crippen molar-refractivity contribution in [2.75, 3.05) is 34.7 Å². The molecule has 20 heavy (non-hydrogen) atoms. The molecular formula is C16H34N2O2. The highest BCUT2D eigenvalue weighted by atomic mass is 16.1. The Bertz CT molecular complexity index is 306. The summed E-state index contributed by atoms with van der Waals surface area (Å²) in [5, 5.41) is 0. The molecule has 0 aromatic carbocycles. The Labute approximate surface area is 125 Å². The fourth-order valence-corrected chi connectivity index (χ4v) is 1.42. The minimum absolute atomic E-state index is 0.118. The van der Waals surface area contributed by atoms with E-state index < -0.39 is 0 Å². The van der Waals surface area contributed by atoms with Crippen LogP contribution in [0.2, 0.25) is 0 Å². The van der Waals surface area contributed by atoms with Gasteiger partial charge in [-0.15, -0.1) is 0 Å². The van der Waals surface area contributed by atoms with Gasteiger partial charge >= 0.3 is 0 Å². The predicted molar refractivity (Wildman–Crippen MR) is 86.0 cm³/mol. The SMILES string of the molecule is CC(C)C(=O)C(C)(C)N(C)C.CC(C)C(=O)CN(C)C. The second-order valence-corrected chi connectivity index (χ2v) is 6.83. The van der Waals surface area contributed by atoms with Gasteiger partial charge in [0.2, 0.25) is 0 Å². The topological polar surface area (TPSA) is 40.6 Å². The quantitative estimate of drug-likeness (QED) is 0.751. The van der Waals surface area contributed by atoms with Crippen LogP contribution in [0, 0.1) is 11.8 Å². The maximum Gasteiger partial charge on any atom is 0.155 e. The van der Waals surface area contributed by atoms with E-state index in [1.54, 1.807) is 0 Å². The van der Waals surface area contributed by atoms with E-state index in [0.29, 0.717) is 18.1 Å². The molecule has 0 amide bonds. The van der Waals surface area contributed by atoms with E-state index in [0.717, 1.165) is 0 Å². The van der Waals surface area contributed by atoms with Crippen molar-refractivity contribution in [2.45, 2.75) is 47.1 Å². The highest BCUT2D eigenvalue weighted by Gasteiger charge is 2.31. The van der Waals surface area contributed by atoms with E-state index in [-0.39, 0.29) is 17.4 Å². The molecule has 0 saturated heterocycles. The number of likely N-dealkylation sites (N-methyl/N-ethyl adjacent to an activating group) is 2. The number of hydrogen-bond donors (Lipinski definition) is 0. The second kappa shape index (κ2) is 9.24. The minimum atomic E-state index is -0.325. The molecule has 0 aromatic heterocycles. The smallest absolute Gasteiger partial charge is 0.155 e. The number of Topliss-reactive ketones (excluding diaryl/α,β-unsaturated/α-hetero) is 2. The highest BCUT2D eigenvalue weighted by molar-refractivity contribution is 5.89. The Morgan fingerprint density at radius 1 is 0.900 bits per heavy atom. The zero-order chi connectivity index (χ0) is 16.7. The molecule has 0 N–H and O–H groups in total. The number of carbonyl (C=O) groups excluding carboxylic acids is 2. The van der Waals surface area contributed by atoms with Crippen molar-refractivity contribution >= 4 is 11.6 Å². The van der Waals surface area contributed by atoms with E-state index in [9.17, 15) is 9.59 Å². The van der Waals surface area contributed by atoms with Gasteiger partial charge in [-0.05, 0) is 42.0 Å². The molecule has 0 atom stereocenters. The number of nitrogens with zero attached hydrogens (tertiary/aromatic N) is 2. The van der Waals surface area contributed by atoms with Crippen molar-refractivity contribution in [3.8, 4) is 0 Å². The summed E-state index contributed by atoms with van der Waals surface area (Å²) in [6.07, 6.45) is 0. The van der Waals surface area contributed by atoms with Crippen molar-refractivity contribution < 1.29 is 9.59 Å². The lowest BCUT2D eigenvalue weighted by Gasteiger charge is -2.32. The molecule has 4 heteroatoms. The van der Waals surface area contributed by atoms with Crippen molar-refractivity contribution in [1.82, 2.24) is 9.80 Å². The fraction of sp³-hybridized carbons (Fsp3) is 0.875. The van der Waals surface area contributed by atoms with Crippen LogP contribution in [0.1, 0.15) is 41.5 Å². The average Bonchev–Trinajstić information content (AvgIpc) is 2.27. The molecule has 0 bridgehead atoms. The van der Waals surface area contributed by atoms with Gasteiger partial charge in [-0.3, -0.25) is 14.5 Å². The van der Waals surface area contributed by atoms with Crippen molar-refractivity contribution in [2.24, 2.45) is 11.8 Å². The molecular weight excluding hydrogens is 252 g/mol. The fourth-order valence-electron chi connectivity index (χ4n) is 1.42. The average molecular weight is 286 g/mol. The lowest BCUT2D eigenvalue weighted by atomic mass is 9.90. The number of hydrogen-bond acceptors (Lipinski definition) is 4. The Morgan fingerprint density at radius 2 is 1.30 bits per heavy atom. The molecule has 0 aromatic rings. The van der Waals surface area contributed by atoms with Crippen LogP contribution in [-0.4, -0.2) is 61.6 Å². The van der Waals surface area contributed by atoms with Gasteiger partial charge in [0.15, 0.2) is 5.78 Å². The Kier molecular flexibility index (Phi) is 9.96. The maximum atomic E-state index is 11.6. The third-order valence-electron chi connectivity index (χ3n) is 3.36. The molecule has 0 unspecified atom stereocenters. The molecule has 0 rings (SSSR count). The number of rotatable bonds is 6. The summed E-state index contributed by atoms with van der Waals surface area (Å²) in [6, 6.07) is 0. The Balaban J connectivity index is 0. The minimum Gasteiger partial charge on any atom is -0.302 e. The molecule has 0 aliphatic rings. The van der Waals surface area contributed by atoms with Gasteiger partial charge < -0.3 is 4.90 Å². The van der Waals surface area contributed by atoms with Gasteiger partial charge in [0.05, 0.1) is 12.1 Å². The molecule has 0 aliphatic carbocycles. The first kappa shape index (κ1) is 21.6. The van der Waals surface area contributed by atoms with Gasteiger partial charge in [-0.2, -0.15) is 0 Å². The van der Waals surface area contributed by atoms with Crippen molar-refractivity contribution in [1.29, 1.82) is 0 Å². The van der Waals surface area contributed by atoms with Crippen LogP contribution in [-0.2, 0) is 9.59 Å². The molecule has 0 fully saturated rings. The van der Waals surface area contributed by atoms with Gasteiger partial charge in [-0.1, -0.05) is 27.7 Å². The lowest BCUT2D eigenvalue weighted by Crippen LogP contribution is -2.47. The summed E-state index contributed by atoms with van der Waals surface area (Å²) in [5.74, 6) is 0.891. The number of carbonyl (C=O) groups is 2. The summed E-state index contributed by atoms with van der Waals surface area (Å²) in [6.45, 7) is 12.2. The Hall–Kier alpha value is -0.740. The molecule has 4 nitrogen and oxygen atoms in total. The molecule has 0 radical (unpaired) electrons. The van der Waals surface area contributed by atoms with E-state index in [2.05, 4.69) is 0 Å². The van der Waals surface area contributed by atoms with Crippen LogP contribution in [0.25, 0.3) is 0 Å². The van der Waals surface area contributed by atoms with Crippen molar-refractivity contribution in [3.05, 3.63) is 0 Å². The van der Waals surface area contributed by atoms with Gasteiger partial charge in [0, 0.05) is 11.8 Å². The number of ketones is 2. The van der Waals surface area contributed by atoms with Crippen LogP contribution in [0.3, 0.4) is 0 Å². The summed E-state index contributed by atoms with van der Waals surface area (Å²) in [7, 11) is 7.67.